The average molecular weight is 478 g/mol. The second-order valence-corrected chi connectivity index (χ2v) is 10.9. The Morgan fingerprint density at radius 3 is 2.59 bits per heavy atom. The Morgan fingerprint density at radius 2 is 1.88 bits per heavy atom. The van der Waals surface area contributed by atoms with Crippen molar-refractivity contribution in [2.24, 2.45) is 0 Å². The van der Waals surface area contributed by atoms with Crippen molar-refractivity contribution in [1.29, 1.82) is 0 Å². The number of hydrogen-bond donors (Lipinski definition) is 1. The fourth-order valence-corrected chi connectivity index (χ4v) is 6.55. The number of benzene rings is 1. The topological polar surface area (TPSA) is 64.6 Å². The zero-order chi connectivity index (χ0) is 23.8. The van der Waals surface area contributed by atoms with Crippen molar-refractivity contribution in [3.05, 3.63) is 74.3 Å². The van der Waals surface area contributed by atoms with Crippen molar-refractivity contribution in [3.8, 4) is 5.75 Å². The Bertz CT molecular complexity index is 1180. The largest absolute Gasteiger partial charge is 0.497 e. The molecule has 1 aliphatic heterocycles. The summed E-state index contributed by atoms with van der Waals surface area (Å²) in [5.74, 6) is 0.293. The van der Waals surface area contributed by atoms with Crippen LogP contribution in [0.25, 0.3) is 0 Å². The molecule has 2 unspecified atom stereocenters. The van der Waals surface area contributed by atoms with Gasteiger partial charge in [-0.1, -0.05) is 12.1 Å². The van der Waals surface area contributed by atoms with E-state index in [0.717, 1.165) is 70.1 Å². The number of esters is 1. The summed E-state index contributed by atoms with van der Waals surface area (Å²) in [5, 5.41) is 3.45. The number of thiophene rings is 1. The number of hydrogen-bond acceptors (Lipinski definition) is 6. The molecule has 0 spiro atoms. The summed E-state index contributed by atoms with van der Waals surface area (Å²) in [6.45, 7) is 3.99. The predicted molar refractivity (Wildman–Crippen MR) is 133 cm³/mol. The second-order valence-electron chi connectivity index (χ2n) is 9.55. The Labute approximate surface area is 204 Å². The van der Waals surface area contributed by atoms with Crippen LogP contribution in [0.3, 0.4) is 0 Å². The summed E-state index contributed by atoms with van der Waals surface area (Å²) in [7, 11) is 1.66. The van der Waals surface area contributed by atoms with Gasteiger partial charge in [0.2, 0.25) is 0 Å². The van der Waals surface area contributed by atoms with E-state index in [2.05, 4.69) is 30.4 Å². The summed E-state index contributed by atoms with van der Waals surface area (Å²) in [5.41, 5.74) is 4.12. The third kappa shape index (κ3) is 4.31. The predicted octanol–water partition coefficient (Wildman–Crippen LogP) is 5.91. The van der Waals surface area contributed by atoms with Crippen LogP contribution in [0.2, 0.25) is 0 Å². The van der Waals surface area contributed by atoms with E-state index in [4.69, 9.17) is 9.47 Å². The average Bonchev–Trinajstić information content (AvgIpc) is 3.49. The number of carbonyl (C=O) groups excluding carboxylic acids is 2. The molecular formula is C28H31NO4S. The minimum absolute atomic E-state index is 0.0200. The smallest absolute Gasteiger partial charge is 0.337 e. The van der Waals surface area contributed by atoms with Gasteiger partial charge in [-0.15, -0.1) is 11.3 Å². The molecule has 0 saturated heterocycles. The maximum atomic E-state index is 13.7. The lowest BCUT2D eigenvalue weighted by molar-refractivity contribution is -0.144. The van der Waals surface area contributed by atoms with Gasteiger partial charge in [0, 0.05) is 33.1 Å². The molecule has 5 nitrogen and oxygen atoms in total. The molecule has 0 radical (unpaired) electrons. The number of methoxy groups -OCH3 is 1. The molecule has 0 bridgehead atoms. The minimum Gasteiger partial charge on any atom is -0.497 e. The van der Waals surface area contributed by atoms with Gasteiger partial charge in [0.25, 0.3) is 0 Å². The summed E-state index contributed by atoms with van der Waals surface area (Å²) in [6.07, 6.45) is 5.15. The Morgan fingerprint density at radius 1 is 1.09 bits per heavy atom. The number of ketones is 1. The highest BCUT2D eigenvalue weighted by atomic mass is 32.1. The second kappa shape index (κ2) is 9.41. The number of rotatable bonds is 5. The van der Waals surface area contributed by atoms with E-state index in [1.807, 2.05) is 25.1 Å². The molecule has 1 fully saturated rings. The monoisotopic (exact) mass is 477 g/mol. The molecule has 1 aromatic carbocycles. The van der Waals surface area contributed by atoms with Crippen LogP contribution in [0, 0.1) is 6.92 Å². The number of carbonyl (C=O) groups is 2. The SMILES string of the molecule is COc1cccc(C2CC(=O)C3=C(C2)NC(C)=C(C(=O)OC2CCCC2)C3c2ccc(C)s2)c1. The normalized spacial score (nSPS) is 23.1. The number of ether oxygens (including phenoxy) is 2. The molecule has 34 heavy (non-hydrogen) atoms. The highest BCUT2D eigenvalue weighted by Crippen LogP contribution is 2.47. The van der Waals surface area contributed by atoms with Gasteiger partial charge < -0.3 is 14.8 Å². The minimum atomic E-state index is -0.373. The van der Waals surface area contributed by atoms with Gasteiger partial charge in [-0.3, -0.25) is 4.79 Å². The van der Waals surface area contributed by atoms with Gasteiger partial charge in [0.1, 0.15) is 11.9 Å². The molecule has 6 heteroatoms. The zero-order valence-electron chi connectivity index (χ0n) is 20.0. The highest BCUT2D eigenvalue weighted by Gasteiger charge is 2.42. The Hall–Kier alpha value is -2.86. The van der Waals surface area contributed by atoms with Crippen LogP contribution in [0.5, 0.6) is 5.75 Å². The molecule has 2 aromatic rings. The number of dihydropyridines is 1. The standard InChI is InChI=1S/C28H31NO4S/c1-16-11-12-24(34-16)27-25(28(31)33-20-8-4-5-9-20)17(2)29-22-14-19(15-23(30)26(22)27)18-7-6-10-21(13-18)32-3/h6-7,10-13,19-20,27,29H,4-5,8-9,14-15H2,1-3H3. The number of allylic oxidation sites excluding steroid dienone is 3. The Balaban J connectivity index is 1.51. The van der Waals surface area contributed by atoms with E-state index in [9.17, 15) is 9.59 Å². The van der Waals surface area contributed by atoms with Crippen LogP contribution >= 0.6 is 11.3 Å². The number of Topliss-reactive ketones (excluding diaryl/α,β-unsaturated/α-hetero) is 1. The molecular weight excluding hydrogens is 446 g/mol. The van der Waals surface area contributed by atoms with E-state index in [-0.39, 0.29) is 29.7 Å². The molecule has 0 amide bonds. The lowest BCUT2D eigenvalue weighted by Gasteiger charge is -2.36. The summed E-state index contributed by atoms with van der Waals surface area (Å²) in [6, 6.07) is 12.1. The van der Waals surface area contributed by atoms with Gasteiger partial charge in [-0.05, 0) is 81.7 Å². The van der Waals surface area contributed by atoms with Crippen LogP contribution < -0.4 is 10.1 Å². The summed E-state index contributed by atoms with van der Waals surface area (Å²) in [4.78, 5) is 29.3. The quantitative estimate of drug-likeness (QED) is 0.542. The van der Waals surface area contributed by atoms with Crippen molar-refractivity contribution in [2.75, 3.05) is 7.11 Å². The third-order valence-electron chi connectivity index (χ3n) is 7.23. The third-order valence-corrected chi connectivity index (χ3v) is 8.30. The van der Waals surface area contributed by atoms with Crippen molar-refractivity contribution in [2.45, 2.75) is 70.3 Å². The molecule has 2 atom stereocenters. The molecule has 1 N–H and O–H groups in total. The van der Waals surface area contributed by atoms with Crippen LogP contribution in [0.15, 0.2) is 58.9 Å². The van der Waals surface area contributed by atoms with Crippen molar-refractivity contribution >= 4 is 23.1 Å². The van der Waals surface area contributed by atoms with E-state index in [1.54, 1.807) is 18.4 Å². The summed E-state index contributed by atoms with van der Waals surface area (Å²) >= 11 is 1.65. The van der Waals surface area contributed by atoms with Crippen LogP contribution in [-0.2, 0) is 14.3 Å². The lowest BCUT2D eigenvalue weighted by Crippen LogP contribution is -2.36. The molecule has 178 valence electrons. The van der Waals surface area contributed by atoms with Crippen molar-refractivity contribution in [3.63, 3.8) is 0 Å². The maximum absolute atomic E-state index is 13.7. The number of aryl methyl sites for hydroxylation is 1. The van der Waals surface area contributed by atoms with Crippen molar-refractivity contribution < 1.29 is 19.1 Å². The van der Waals surface area contributed by atoms with Crippen molar-refractivity contribution in [1.82, 2.24) is 5.32 Å². The first kappa shape index (κ1) is 22.9. The molecule has 1 saturated carbocycles. The molecule has 2 heterocycles. The fraction of sp³-hybridized carbons (Fsp3) is 0.429. The Kier molecular flexibility index (Phi) is 6.34. The summed E-state index contributed by atoms with van der Waals surface area (Å²) < 4.78 is 11.3. The molecule has 1 aromatic heterocycles. The molecule has 5 rings (SSSR count). The van der Waals surface area contributed by atoms with E-state index in [0.29, 0.717) is 12.0 Å². The molecule has 3 aliphatic rings. The first-order chi connectivity index (χ1) is 16.4. The van der Waals surface area contributed by atoms with Gasteiger partial charge in [-0.2, -0.15) is 0 Å². The first-order valence-corrected chi connectivity index (χ1v) is 12.9. The maximum Gasteiger partial charge on any atom is 0.337 e. The van der Waals surface area contributed by atoms with Gasteiger partial charge in [-0.25, -0.2) is 4.79 Å². The van der Waals surface area contributed by atoms with Crippen LogP contribution in [0.1, 0.15) is 72.6 Å². The van der Waals surface area contributed by atoms with Crippen LogP contribution in [0.4, 0.5) is 0 Å². The molecule has 2 aliphatic carbocycles. The van der Waals surface area contributed by atoms with Gasteiger partial charge in [0.05, 0.1) is 18.6 Å². The lowest BCUT2D eigenvalue weighted by atomic mass is 9.73. The van der Waals surface area contributed by atoms with Gasteiger partial charge >= 0.3 is 5.97 Å². The number of nitrogens with one attached hydrogen (secondary N) is 1. The van der Waals surface area contributed by atoms with E-state index >= 15 is 0 Å². The zero-order valence-corrected chi connectivity index (χ0v) is 20.8. The van der Waals surface area contributed by atoms with E-state index in [1.165, 1.54) is 0 Å². The van der Waals surface area contributed by atoms with Gasteiger partial charge in [0.15, 0.2) is 5.78 Å². The first-order valence-electron chi connectivity index (χ1n) is 12.1. The highest BCUT2D eigenvalue weighted by molar-refractivity contribution is 7.12. The van der Waals surface area contributed by atoms with E-state index < -0.39 is 0 Å². The van der Waals surface area contributed by atoms with Crippen LogP contribution in [-0.4, -0.2) is 25.0 Å². The fourth-order valence-electron chi connectivity index (χ4n) is 5.55.